The molecule has 1 aliphatic carbocycles. The first-order valence-corrected chi connectivity index (χ1v) is 11.1. The lowest BCUT2D eigenvalue weighted by Crippen LogP contribution is -2.26. The summed E-state index contributed by atoms with van der Waals surface area (Å²) in [5.74, 6) is 0.465. The number of rotatable bonds is 6. The quantitative estimate of drug-likeness (QED) is 0.539. The third-order valence-corrected chi connectivity index (χ3v) is 6.86. The maximum atomic E-state index is 13.5. The van der Waals surface area contributed by atoms with Crippen molar-refractivity contribution < 1.29 is 9.53 Å². The van der Waals surface area contributed by atoms with Gasteiger partial charge in [0, 0.05) is 29.3 Å². The summed E-state index contributed by atoms with van der Waals surface area (Å²) in [4.78, 5) is 32.0. The number of methoxy groups -OCH3 is 1. The molecule has 2 aromatic heterocycles. The van der Waals surface area contributed by atoms with Crippen LogP contribution in [0.2, 0.25) is 5.02 Å². The molecule has 0 saturated carbocycles. The summed E-state index contributed by atoms with van der Waals surface area (Å²) in [6, 6.07) is 7.60. The van der Waals surface area contributed by atoms with Crippen LogP contribution in [-0.4, -0.2) is 22.6 Å². The zero-order valence-electron chi connectivity index (χ0n) is 16.4. The number of thiophene rings is 1. The first kappa shape index (κ1) is 20.1. The van der Waals surface area contributed by atoms with Gasteiger partial charge in [0.25, 0.3) is 5.56 Å². The lowest BCUT2D eigenvalue weighted by atomic mass is 9.97. The third-order valence-electron chi connectivity index (χ3n) is 5.42. The van der Waals surface area contributed by atoms with E-state index in [1.807, 2.05) is 24.3 Å². The smallest absolute Gasteiger partial charge is 0.305 e. The van der Waals surface area contributed by atoms with Gasteiger partial charge in [-0.05, 0) is 55.4 Å². The predicted molar refractivity (Wildman–Crippen MR) is 116 cm³/mol. The van der Waals surface area contributed by atoms with Crippen molar-refractivity contribution in [1.82, 2.24) is 9.55 Å². The van der Waals surface area contributed by atoms with Crippen LogP contribution in [0.4, 0.5) is 0 Å². The van der Waals surface area contributed by atoms with E-state index in [0.29, 0.717) is 24.4 Å². The van der Waals surface area contributed by atoms with Gasteiger partial charge in [0.15, 0.2) is 0 Å². The first-order valence-electron chi connectivity index (χ1n) is 9.92. The van der Waals surface area contributed by atoms with Crippen molar-refractivity contribution in [3.63, 3.8) is 0 Å². The molecule has 0 fully saturated rings. The molecule has 7 heteroatoms. The summed E-state index contributed by atoms with van der Waals surface area (Å²) in [6.45, 7) is 0.449. The molecular formula is C22H23ClN2O3S. The molecule has 0 N–H and O–H groups in total. The van der Waals surface area contributed by atoms with E-state index in [2.05, 4.69) is 0 Å². The summed E-state index contributed by atoms with van der Waals surface area (Å²) >= 11 is 7.67. The monoisotopic (exact) mass is 430 g/mol. The van der Waals surface area contributed by atoms with Gasteiger partial charge in [-0.25, -0.2) is 4.98 Å². The molecule has 1 aliphatic rings. The van der Waals surface area contributed by atoms with Crippen LogP contribution in [0.3, 0.4) is 0 Å². The number of benzene rings is 1. The van der Waals surface area contributed by atoms with Crippen LogP contribution in [0, 0.1) is 0 Å². The molecule has 0 bridgehead atoms. The number of fused-ring (bicyclic) bond motifs is 3. The number of hydrogen-bond acceptors (Lipinski definition) is 5. The molecule has 3 aromatic rings. The van der Waals surface area contributed by atoms with Crippen molar-refractivity contribution in [1.29, 1.82) is 0 Å². The SMILES string of the molecule is COC(=O)CCCn1c(Cc2ccc(Cl)cc2)nc2sc3c(c2c1=O)CCCC3. The number of halogens is 1. The van der Waals surface area contributed by atoms with E-state index in [4.69, 9.17) is 21.3 Å². The molecule has 0 aliphatic heterocycles. The van der Waals surface area contributed by atoms with Crippen LogP contribution < -0.4 is 5.56 Å². The summed E-state index contributed by atoms with van der Waals surface area (Å²) in [7, 11) is 1.38. The molecule has 4 rings (SSSR count). The van der Waals surface area contributed by atoms with Crippen molar-refractivity contribution in [3.05, 3.63) is 61.5 Å². The average Bonchev–Trinajstić information content (AvgIpc) is 3.10. The highest BCUT2D eigenvalue weighted by molar-refractivity contribution is 7.18. The fraction of sp³-hybridized carbons (Fsp3) is 0.409. The van der Waals surface area contributed by atoms with Gasteiger partial charge in [0.1, 0.15) is 10.7 Å². The van der Waals surface area contributed by atoms with E-state index in [-0.39, 0.29) is 17.9 Å². The van der Waals surface area contributed by atoms with Gasteiger partial charge in [-0.15, -0.1) is 11.3 Å². The van der Waals surface area contributed by atoms with Crippen LogP contribution in [0.5, 0.6) is 0 Å². The normalized spacial score (nSPS) is 13.4. The average molecular weight is 431 g/mol. The molecule has 0 spiro atoms. The molecule has 29 heavy (non-hydrogen) atoms. The lowest BCUT2D eigenvalue weighted by molar-refractivity contribution is -0.140. The summed E-state index contributed by atoms with van der Waals surface area (Å²) in [6.07, 6.45) is 5.64. The molecule has 0 unspecified atom stereocenters. The van der Waals surface area contributed by atoms with Crippen LogP contribution >= 0.6 is 22.9 Å². The number of nitrogens with zero attached hydrogens (tertiary/aromatic N) is 2. The second kappa shape index (κ2) is 8.67. The zero-order valence-corrected chi connectivity index (χ0v) is 17.9. The molecule has 2 heterocycles. The van der Waals surface area contributed by atoms with E-state index >= 15 is 0 Å². The second-order valence-electron chi connectivity index (χ2n) is 7.36. The Labute approximate surface area is 178 Å². The van der Waals surface area contributed by atoms with E-state index in [1.165, 1.54) is 24.0 Å². The minimum absolute atomic E-state index is 0.0169. The van der Waals surface area contributed by atoms with Crippen molar-refractivity contribution in [3.8, 4) is 0 Å². The minimum Gasteiger partial charge on any atom is -0.469 e. The van der Waals surface area contributed by atoms with Gasteiger partial charge in [-0.3, -0.25) is 14.2 Å². The highest BCUT2D eigenvalue weighted by Gasteiger charge is 2.22. The van der Waals surface area contributed by atoms with Gasteiger partial charge >= 0.3 is 5.97 Å². The molecule has 0 atom stereocenters. The van der Waals surface area contributed by atoms with Crippen molar-refractivity contribution in [2.24, 2.45) is 0 Å². The molecule has 0 amide bonds. The van der Waals surface area contributed by atoms with Gasteiger partial charge in [-0.1, -0.05) is 23.7 Å². The van der Waals surface area contributed by atoms with E-state index < -0.39 is 0 Å². The number of hydrogen-bond donors (Lipinski definition) is 0. The van der Waals surface area contributed by atoms with Gasteiger partial charge in [-0.2, -0.15) is 0 Å². The fourth-order valence-electron chi connectivity index (χ4n) is 3.91. The summed E-state index contributed by atoms with van der Waals surface area (Å²) in [5.41, 5.74) is 2.25. The molecule has 1 aromatic carbocycles. The standard InChI is InChI=1S/C22H23ClN2O3S/c1-28-19(26)7-4-12-25-18(13-14-8-10-15(23)11-9-14)24-21-20(22(25)27)16-5-2-3-6-17(16)29-21/h8-11H,2-7,12-13H2,1H3. The Kier molecular flexibility index (Phi) is 6.01. The summed E-state index contributed by atoms with van der Waals surface area (Å²) < 4.78 is 6.49. The predicted octanol–water partition coefficient (Wildman–Crippen LogP) is 4.53. The third kappa shape index (κ3) is 4.23. The van der Waals surface area contributed by atoms with Crippen LogP contribution in [-0.2, 0) is 35.3 Å². The molecule has 0 saturated heterocycles. The topological polar surface area (TPSA) is 61.2 Å². The minimum atomic E-state index is -0.265. The largest absolute Gasteiger partial charge is 0.469 e. The van der Waals surface area contributed by atoms with E-state index in [9.17, 15) is 9.59 Å². The van der Waals surface area contributed by atoms with Crippen LogP contribution in [0.25, 0.3) is 10.2 Å². The maximum Gasteiger partial charge on any atom is 0.305 e. The lowest BCUT2D eigenvalue weighted by Gasteiger charge is -2.14. The van der Waals surface area contributed by atoms with Crippen molar-refractivity contribution >= 4 is 39.1 Å². The number of carbonyl (C=O) groups is 1. The Bertz CT molecular complexity index is 1100. The number of aryl methyl sites for hydroxylation is 2. The number of aromatic nitrogens is 2. The summed E-state index contributed by atoms with van der Waals surface area (Å²) in [5, 5.41) is 1.46. The fourth-order valence-corrected chi connectivity index (χ4v) is 5.31. The second-order valence-corrected chi connectivity index (χ2v) is 8.88. The van der Waals surface area contributed by atoms with Crippen LogP contribution in [0.15, 0.2) is 29.1 Å². The Morgan fingerprint density at radius 1 is 1.24 bits per heavy atom. The van der Waals surface area contributed by atoms with Crippen molar-refractivity contribution in [2.45, 2.75) is 51.5 Å². The van der Waals surface area contributed by atoms with E-state index in [1.54, 1.807) is 15.9 Å². The van der Waals surface area contributed by atoms with Crippen molar-refractivity contribution in [2.75, 3.05) is 7.11 Å². The highest BCUT2D eigenvalue weighted by Crippen LogP contribution is 2.34. The first-order chi connectivity index (χ1) is 14.1. The zero-order chi connectivity index (χ0) is 20.4. The Balaban J connectivity index is 1.76. The van der Waals surface area contributed by atoms with E-state index in [0.717, 1.165) is 40.9 Å². The molecule has 152 valence electrons. The number of ether oxygens (including phenoxy) is 1. The van der Waals surface area contributed by atoms with Gasteiger partial charge in [0.05, 0.1) is 12.5 Å². The van der Waals surface area contributed by atoms with Gasteiger partial charge in [0.2, 0.25) is 0 Å². The Morgan fingerprint density at radius 3 is 2.76 bits per heavy atom. The molecular weight excluding hydrogens is 408 g/mol. The Morgan fingerprint density at radius 2 is 2.00 bits per heavy atom. The maximum absolute atomic E-state index is 13.5. The molecule has 5 nitrogen and oxygen atoms in total. The number of esters is 1. The van der Waals surface area contributed by atoms with Crippen LogP contribution in [0.1, 0.15) is 47.5 Å². The van der Waals surface area contributed by atoms with Gasteiger partial charge < -0.3 is 4.74 Å². The highest BCUT2D eigenvalue weighted by atomic mass is 35.5. The Hall–Kier alpha value is -2.18. The number of carbonyl (C=O) groups excluding carboxylic acids is 1. The molecule has 0 radical (unpaired) electrons.